The summed E-state index contributed by atoms with van der Waals surface area (Å²) in [4.78, 5) is 17.7. The van der Waals surface area contributed by atoms with Crippen molar-refractivity contribution in [3.8, 4) is 5.75 Å². The molecule has 0 radical (unpaired) electrons. The van der Waals surface area contributed by atoms with Gasteiger partial charge in [0.25, 0.3) is 5.91 Å². The van der Waals surface area contributed by atoms with Gasteiger partial charge in [-0.2, -0.15) is 0 Å². The lowest BCUT2D eigenvalue weighted by Gasteiger charge is -2.19. The van der Waals surface area contributed by atoms with Crippen molar-refractivity contribution in [2.24, 2.45) is 5.92 Å². The van der Waals surface area contributed by atoms with Gasteiger partial charge in [-0.05, 0) is 81.8 Å². The molecule has 1 saturated heterocycles. The number of amides is 1. The normalized spacial score (nSPS) is 20.6. The molecule has 0 N–H and O–H groups in total. The summed E-state index contributed by atoms with van der Waals surface area (Å²) in [5, 5.41) is 1.12. The number of fused-ring (bicyclic) bond motifs is 3. The number of ether oxygens (including phenoxy) is 1. The van der Waals surface area contributed by atoms with E-state index in [1.165, 1.54) is 38.8 Å². The molecule has 150 valence electrons. The van der Waals surface area contributed by atoms with Crippen LogP contribution in [0.15, 0.2) is 24.3 Å². The van der Waals surface area contributed by atoms with E-state index in [9.17, 15) is 4.79 Å². The molecule has 0 bridgehead atoms. The molecular formula is C23H31N3O2. The maximum atomic E-state index is 13.1. The van der Waals surface area contributed by atoms with Gasteiger partial charge in [0.2, 0.25) is 0 Å². The fourth-order valence-corrected chi connectivity index (χ4v) is 4.71. The molecule has 3 heterocycles. The number of likely N-dealkylation sites (tertiary alicyclic amines) is 1. The number of hydrogen-bond donors (Lipinski definition) is 0. The summed E-state index contributed by atoms with van der Waals surface area (Å²) in [5.41, 5.74) is 2.00. The van der Waals surface area contributed by atoms with Gasteiger partial charge in [0, 0.05) is 37.1 Å². The summed E-state index contributed by atoms with van der Waals surface area (Å²) < 4.78 is 8.22. The maximum Gasteiger partial charge on any atom is 0.270 e. The average Bonchev–Trinajstić information content (AvgIpc) is 3.27. The Balaban J connectivity index is 1.27. The van der Waals surface area contributed by atoms with Crippen LogP contribution in [0.2, 0.25) is 0 Å². The second-order valence-electron chi connectivity index (χ2n) is 8.70. The van der Waals surface area contributed by atoms with Crippen LogP contribution in [-0.4, -0.2) is 59.6 Å². The molecule has 0 atom stereocenters. The Morgan fingerprint density at radius 1 is 1.00 bits per heavy atom. The molecule has 1 aromatic heterocycles. The monoisotopic (exact) mass is 381 g/mol. The molecule has 2 fully saturated rings. The van der Waals surface area contributed by atoms with Crippen molar-refractivity contribution in [2.75, 3.05) is 39.3 Å². The van der Waals surface area contributed by atoms with Gasteiger partial charge in [-0.25, -0.2) is 0 Å². The number of benzene rings is 1. The predicted molar refractivity (Wildman–Crippen MR) is 111 cm³/mol. The van der Waals surface area contributed by atoms with Crippen LogP contribution in [-0.2, 0) is 6.54 Å². The van der Waals surface area contributed by atoms with E-state index in [-0.39, 0.29) is 5.91 Å². The van der Waals surface area contributed by atoms with Gasteiger partial charge >= 0.3 is 0 Å². The van der Waals surface area contributed by atoms with Crippen LogP contribution < -0.4 is 4.74 Å². The minimum absolute atomic E-state index is 0.202. The highest BCUT2D eigenvalue weighted by molar-refractivity contribution is 5.99. The molecule has 2 aliphatic heterocycles. The number of nitrogens with zero attached hydrogens (tertiary/aromatic N) is 3. The number of aryl methyl sites for hydroxylation is 1. The van der Waals surface area contributed by atoms with Crippen molar-refractivity contribution in [1.29, 1.82) is 0 Å². The van der Waals surface area contributed by atoms with Crippen LogP contribution in [0.3, 0.4) is 0 Å². The standard InChI is InChI=1S/C23H31N3O2/c27-23-22-16-19-15-20(28-14-4-11-24-9-1-2-10-24)7-8-21(19)26(22)13-3-12-25(23)17-18-5-6-18/h7-8,15-16,18H,1-6,9-14,17H2. The Kier molecular flexibility index (Phi) is 5.02. The predicted octanol–water partition coefficient (Wildman–Crippen LogP) is 3.76. The summed E-state index contributed by atoms with van der Waals surface area (Å²) in [7, 11) is 0. The quantitative estimate of drug-likeness (QED) is 0.686. The summed E-state index contributed by atoms with van der Waals surface area (Å²) in [5.74, 6) is 1.85. The van der Waals surface area contributed by atoms with Crippen LogP contribution >= 0.6 is 0 Å². The molecule has 28 heavy (non-hydrogen) atoms. The van der Waals surface area contributed by atoms with E-state index >= 15 is 0 Å². The van der Waals surface area contributed by atoms with E-state index in [2.05, 4.69) is 38.6 Å². The average molecular weight is 382 g/mol. The largest absolute Gasteiger partial charge is 0.494 e. The second kappa shape index (κ2) is 7.78. The Labute approximate surface area is 167 Å². The lowest BCUT2D eigenvalue weighted by atomic mass is 10.2. The van der Waals surface area contributed by atoms with Crippen LogP contribution in [0.25, 0.3) is 10.9 Å². The first kappa shape index (κ1) is 18.0. The molecule has 1 aromatic carbocycles. The van der Waals surface area contributed by atoms with Crippen molar-refractivity contribution in [1.82, 2.24) is 14.4 Å². The zero-order valence-corrected chi connectivity index (χ0v) is 16.7. The molecule has 5 rings (SSSR count). The first-order valence-electron chi connectivity index (χ1n) is 11.1. The van der Waals surface area contributed by atoms with E-state index in [0.29, 0.717) is 0 Å². The Bertz CT molecular complexity index is 849. The van der Waals surface area contributed by atoms with Gasteiger partial charge in [0.1, 0.15) is 11.4 Å². The highest BCUT2D eigenvalue weighted by Crippen LogP contribution is 2.32. The molecule has 1 aliphatic carbocycles. The Hall–Kier alpha value is -2.01. The summed E-state index contributed by atoms with van der Waals surface area (Å²) in [6.45, 7) is 7.12. The summed E-state index contributed by atoms with van der Waals surface area (Å²) in [6.07, 6.45) is 7.35. The van der Waals surface area contributed by atoms with Gasteiger partial charge < -0.3 is 19.1 Å². The second-order valence-corrected chi connectivity index (χ2v) is 8.70. The fraction of sp³-hybridized carbons (Fsp3) is 0.609. The fourth-order valence-electron chi connectivity index (χ4n) is 4.71. The van der Waals surface area contributed by atoms with Crippen LogP contribution in [0.1, 0.15) is 49.0 Å². The lowest BCUT2D eigenvalue weighted by Crippen LogP contribution is -2.32. The molecular weight excluding hydrogens is 350 g/mol. The minimum atomic E-state index is 0.202. The van der Waals surface area contributed by atoms with E-state index in [0.717, 1.165) is 73.9 Å². The van der Waals surface area contributed by atoms with E-state index in [1.807, 2.05) is 0 Å². The van der Waals surface area contributed by atoms with Crippen LogP contribution in [0.4, 0.5) is 0 Å². The molecule has 5 nitrogen and oxygen atoms in total. The van der Waals surface area contributed by atoms with Crippen molar-refractivity contribution in [3.05, 3.63) is 30.0 Å². The number of carbonyl (C=O) groups is 1. The van der Waals surface area contributed by atoms with Crippen molar-refractivity contribution in [3.63, 3.8) is 0 Å². The topological polar surface area (TPSA) is 37.7 Å². The maximum absolute atomic E-state index is 13.1. The smallest absolute Gasteiger partial charge is 0.270 e. The number of rotatable bonds is 7. The lowest BCUT2D eigenvalue weighted by molar-refractivity contribution is 0.0750. The van der Waals surface area contributed by atoms with Gasteiger partial charge in [-0.15, -0.1) is 0 Å². The third-order valence-corrected chi connectivity index (χ3v) is 6.45. The highest BCUT2D eigenvalue weighted by atomic mass is 16.5. The third-order valence-electron chi connectivity index (χ3n) is 6.45. The molecule has 2 aromatic rings. The summed E-state index contributed by atoms with van der Waals surface area (Å²) >= 11 is 0. The van der Waals surface area contributed by atoms with E-state index in [1.54, 1.807) is 0 Å². The van der Waals surface area contributed by atoms with Crippen molar-refractivity contribution < 1.29 is 9.53 Å². The van der Waals surface area contributed by atoms with Gasteiger partial charge in [0.05, 0.1) is 6.61 Å². The first-order valence-corrected chi connectivity index (χ1v) is 11.1. The van der Waals surface area contributed by atoms with E-state index < -0.39 is 0 Å². The number of carbonyl (C=O) groups excluding carboxylic acids is 1. The van der Waals surface area contributed by atoms with Gasteiger partial charge in [-0.1, -0.05) is 0 Å². The van der Waals surface area contributed by atoms with E-state index in [4.69, 9.17) is 4.74 Å². The Morgan fingerprint density at radius 2 is 1.86 bits per heavy atom. The first-order chi connectivity index (χ1) is 13.8. The molecule has 0 unspecified atom stereocenters. The highest BCUT2D eigenvalue weighted by Gasteiger charge is 2.30. The third kappa shape index (κ3) is 3.77. The van der Waals surface area contributed by atoms with Crippen LogP contribution in [0, 0.1) is 5.92 Å². The summed E-state index contributed by atoms with van der Waals surface area (Å²) in [6, 6.07) is 8.35. The van der Waals surface area contributed by atoms with Crippen molar-refractivity contribution >= 4 is 16.8 Å². The zero-order valence-electron chi connectivity index (χ0n) is 16.7. The SMILES string of the molecule is O=C1c2cc3cc(OCCCN4CCCC4)ccc3n2CCCN1CC1CC1. The molecule has 0 spiro atoms. The van der Waals surface area contributed by atoms with Crippen molar-refractivity contribution in [2.45, 2.75) is 45.1 Å². The van der Waals surface area contributed by atoms with Crippen LogP contribution in [0.5, 0.6) is 5.75 Å². The Morgan fingerprint density at radius 3 is 2.68 bits per heavy atom. The zero-order chi connectivity index (χ0) is 18.9. The number of aromatic nitrogens is 1. The molecule has 1 amide bonds. The van der Waals surface area contributed by atoms with Gasteiger partial charge in [0.15, 0.2) is 0 Å². The van der Waals surface area contributed by atoms with Gasteiger partial charge in [-0.3, -0.25) is 4.79 Å². The molecule has 1 saturated carbocycles. The number of hydrogen-bond acceptors (Lipinski definition) is 3. The minimum Gasteiger partial charge on any atom is -0.494 e. The molecule has 5 heteroatoms. The molecule has 3 aliphatic rings.